The van der Waals surface area contributed by atoms with Gasteiger partial charge in [0.1, 0.15) is 11.6 Å². The van der Waals surface area contributed by atoms with Gasteiger partial charge in [0, 0.05) is 12.1 Å². The number of ether oxygens (including phenoxy) is 1. The lowest BCUT2D eigenvalue weighted by Crippen LogP contribution is -2.39. The quantitative estimate of drug-likeness (QED) is 0.178. The van der Waals surface area contributed by atoms with Crippen molar-refractivity contribution in [3.63, 3.8) is 0 Å². The second-order valence-electron chi connectivity index (χ2n) is 10.7. The van der Waals surface area contributed by atoms with Gasteiger partial charge >= 0.3 is 12.4 Å². The van der Waals surface area contributed by atoms with Crippen molar-refractivity contribution < 1.29 is 35.9 Å². The second kappa shape index (κ2) is 12.7. The van der Waals surface area contributed by atoms with E-state index in [1.807, 2.05) is 13.8 Å². The smallest absolute Gasteiger partial charge is 0.416 e. The van der Waals surface area contributed by atoms with Gasteiger partial charge in [0.05, 0.1) is 40.9 Å². The molecule has 1 amide bonds. The van der Waals surface area contributed by atoms with E-state index in [9.17, 15) is 35.9 Å². The Morgan fingerprint density at radius 3 is 2.09 bits per heavy atom. The maximum absolute atomic E-state index is 14.1. The summed E-state index contributed by atoms with van der Waals surface area (Å²) in [5, 5.41) is 0.268. The fourth-order valence-corrected chi connectivity index (χ4v) is 5.00. The molecule has 12 heteroatoms. The molecule has 0 N–H and O–H groups in total. The van der Waals surface area contributed by atoms with Gasteiger partial charge in [-0.05, 0) is 61.2 Å². The van der Waals surface area contributed by atoms with Crippen LogP contribution in [0.15, 0.2) is 71.5 Å². The average Bonchev–Trinajstić information content (AvgIpc) is 2.97. The molecule has 6 nitrogen and oxygen atoms in total. The van der Waals surface area contributed by atoms with Crippen molar-refractivity contribution in [3.8, 4) is 11.4 Å². The molecule has 0 bridgehead atoms. The lowest BCUT2D eigenvalue weighted by Gasteiger charge is -2.33. The first-order valence-electron chi connectivity index (χ1n) is 13.9. The molecule has 0 aliphatic carbocycles. The van der Waals surface area contributed by atoms with E-state index in [0.717, 1.165) is 0 Å². The third-order valence-electron chi connectivity index (χ3n) is 7.23. The predicted molar refractivity (Wildman–Crippen MR) is 154 cm³/mol. The van der Waals surface area contributed by atoms with Crippen LogP contribution in [0.5, 0.6) is 5.75 Å². The Bertz CT molecular complexity index is 1680. The molecule has 234 valence electrons. The summed E-state index contributed by atoms with van der Waals surface area (Å²) in [7, 11) is 1.42. The molecule has 1 heterocycles. The fourth-order valence-electron chi connectivity index (χ4n) is 5.00. The van der Waals surface area contributed by atoms with Crippen LogP contribution in [0.4, 0.5) is 26.3 Å². The standard InChI is InChI=1S/C32H31F6N3O3/c1-5-25(28-39-24-11-7-6-10-23(24)30(43)41(28)26-12-8-9-13-27(26)44-4)40(15-14-19(2)3)29(42)20-16-21(31(33,34)35)18-22(17-20)32(36,37)38/h6-13,16-19,25H,5,14-15H2,1-4H3. The maximum Gasteiger partial charge on any atom is 0.416 e. The number of methoxy groups -OCH3 is 1. The van der Waals surface area contributed by atoms with Gasteiger partial charge in [-0.3, -0.25) is 14.2 Å². The first-order valence-corrected chi connectivity index (χ1v) is 13.9. The Labute approximate surface area is 249 Å². The van der Waals surface area contributed by atoms with Gasteiger partial charge in [0.2, 0.25) is 0 Å². The Morgan fingerprint density at radius 1 is 0.932 bits per heavy atom. The minimum Gasteiger partial charge on any atom is -0.495 e. The second-order valence-corrected chi connectivity index (χ2v) is 10.7. The number of halogens is 6. The zero-order chi connectivity index (χ0) is 32.4. The monoisotopic (exact) mass is 619 g/mol. The minimum atomic E-state index is -5.13. The highest BCUT2D eigenvalue weighted by atomic mass is 19.4. The van der Waals surface area contributed by atoms with Gasteiger partial charge in [0.15, 0.2) is 0 Å². The fraction of sp³-hybridized carbons (Fsp3) is 0.344. The number of rotatable bonds is 9. The molecular formula is C32H31F6N3O3. The maximum atomic E-state index is 14.1. The van der Waals surface area contributed by atoms with Gasteiger partial charge in [-0.15, -0.1) is 0 Å². The molecule has 0 saturated heterocycles. The first-order chi connectivity index (χ1) is 20.7. The molecular weight excluding hydrogens is 588 g/mol. The van der Waals surface area contributed by atoms with Crippen LogP contribution < -0.4 is 10.3 Å². The van der Waals surface area contributed by atoms with Crippen LogP contribution >= 0.6 is 0 Å². The van der Waals surface area contributed by atoms with E-state index in [4.69, 9.17) is 9.72 Å². The number of alkyl halides is 6. The van der Waals surface area contributed by atoms with E-state index in [2.05, 4.69) is 0 Å². The molecule has 1 atom stereocenters. The molecule has 0 aliphatic rings. The van der Waals surface area contributed by atoms with Crippen LogP contribution in [0.1, 0.15) is 67.0 Å². The highest BCUT2D eigenvalue weighted by Gasteiger charge is 2.39. The summed E-state index contributed by atoms with van der Waals surface area (Å²) >= 11 is 0. The third-order valence-corrected chi connectivity index (χ3v) is 7.23. The number of para-hydroxylation sites is 3. The topological polar surface area (TPSA) is 64.4 Å². The number of carbonyl (C=O) groups excluding carboxylic acids is 1. The van der Waals surface area contributed by atoms with Crippen LogP contribution in [-0.2, 0) is 12.4 Å². The largest absolute Gasteiger partial charge is 0.495 e. The van der Waals surface area contributed by atoms with Crippen molar-refractivity contribution >= 4 is 16.8 Å². The molecule has 4 aromatic rings. The van der Waals surface area contributed by atoms with Gasteiger partial charge in [-0.1, -0.05) is 45.0 Å². The van der Waals surface area contributed by atoms with Crippen molar-refractivity contribution in [1.29, 1.82) is 0 Å². The van der Waals surface area contributed by atoms with E-state index in [0.29, 0.717) is 35.5 Å². The van der Waals surface area contributed by atoms with Crippen LogP contribution in [-0.4, -0.2) is 34.0 Å². The third kappa shape index (κ3) is 6.74. The van der Waals surface area contributed by atoms with E-state index >= 15 is 0 Å². The van der Waals surface area contributed by atoms with E-state index < -0.39 is 46.6 Å². The number of aromatic nitrogens is 2. The van der Waals surface area contributed by atoms with Crippen LogP contribution in [0, 0.1) is 5.92 Å². The zero-order valence-corrected chi connectivity index (χ0v) is 24.5. The molecule has 0 saturated carbocycles. The van der Waals surface area contributed by atoms with Crippen molar-refractivity contribution in [3.05, 3.63) is 99.6 Å². The number of carbonyl (C=O) groups is 1. The molecule has 4 rings (SSSR count). The molecule has 1 aromatic heterocycles. The molecule has 0 spiro atoms. The highest BCUT2D eigenvalue weighted by molar-refractivity contribution is 5.95. The summed E-state index contributed by atoms with van der Waals surface area (Å²) in [6, 6.07) is 13.0. The summed E-state index contributed by atoms with van der Waals surface area (Å²) in [4.78, 5) is 34.0. The summed E-state index contributed by atoms with van der Waals surface area (Å²) in [5.41, 5.74) is -3.83. The van der Waals surface area contributed by atoms with Gasteiger partial charge < -0.3 is 9.64 Å². The number of fused-ring (bicyclic) bond motifs is 1. The Kier molecular flexibility index (Phi) is 9.41. The highest BCUT2D eigenvalue weighted by Crippen LogP contribution is 2.38. The number of nitrogens with zero attached hydrogens (tertiary/aromatic N) is 3. The lowest BCUT2D eigenvalue weighted by atomic mass is 10.0. The van der Waals surface area contributed by atoms with Crippen molar-refractivity contribution in [1.82, 2.24) is 14.5 Å². The van der Waals surface area contributed by atoms with Gasteiger partial charge in [-0.2, -0.15) is 26.3 Å². The number of amides is 1. The normalized spacial score (nSPS) is 12.9. The molecule has 0 fully saturated rings. The number of hydrogen-bond donors (Lipinski definition) is 0. The van der Waals surface area contributed by atoms with Gasteiger partial charge in [-0.25, -0.2) is 4.98 Å². The summed E-state index contributed by atoms with van der Waals surface area (Å²) in [6.45, 7) is 5.41. The molecule has 3 aromatic carbocycles. The van der Waals surface area contributed by atoms with E-state index in [-0.39, 0.29) is 36.2 Å². The van der Waals surface area contributed by atoms with Crippen LogP contribution in [0.3, 0.4) is 0 Å². The molecule has 1 unspecified atom stereocenters. The summed E-state index contributed by atoms with van der Waals surface area (Å²) in [5.74, 6) is -0.629. The van der Waals surface area contributed by atoms with E-state index in [1.54, 1.807) is 55.5 Å². The first kappa shape index (κ1) is 32.6. The SMILES string of the molecule is CCC(c1nc2ccccc2c(=O)n1-c1ccccc1OC)N(CCC(C)C)C(=O)c1cc(C(F)(F)F)cc(C(F)(F)F)c1. The molecule has 0 aliphatic heterocycles. The molecule has 0 radical (unpaired) electrons. The predicted octanol–water partition coefficient (Wildman–Crippen LogP) is 8.07. The number of hydrogen-bond acceptors (Lipinski definition) is 4. The minimum absolute atomic E-state index is 0.0171. The van der Waals surface area contributed by atoms with Crippen LogP contribution in [0.2, 0.25) is 0 Å². The Hall–Kier alpha value is -4.35. The summed E-state index contributed by atoms with van der Waals surface area (Å²) in [6.07, 6.45) is -9.75. The van der Waals surface area contributed by atoms with Crippen molar-refractivity contribution in [2.24, 2.45) is 5.92 Å². The number of benzene rings is 3. The van der Waals surface area contributed by atoms with Crippen LogP contribution in [0.25, 0.3) is 16.6 Å². The average molecular weight is 620 g/mol. The van der Waals surface area contributed by atoms with Crippen molar-refractivity contribution in [2.75, 3.05) is 13.7 Å². The zero-order valence-electron chi connectivity index (χ0n) is 24.5. The van der Waals surface area contributed by atoms with Crippen molar-refractivity contribution in [2.45, 2.75) is 52.0 Å². The van der Waals surface area contributed by atoms with E-state index in [1.165, 1.54) is 16.6 Å². The molecule has 44 heavy (non-hydrogen) atoms. The Balaban J connectivity index is 2.00. The van der Waals surface area contributed by atoms with Gasteiger partial charge in [0.25, 0.3) is 11.5 Å². The summed E-state index contributed by atoms with van der Waals surface area (Å²) < 4.78 is 89.0. The Morgan fingerprint density at radius 2 is 1.52 bits per heavy atom. The lowest BCUT2D eigenvalue weighted by molar-refractivity contribution is -0.143.